The van der Waals surface area contributed by atoms with Gasteiger partial charge in [-0.05, 0) is 111 Å². The molecule has 0 unspecified atom stereocenters. The van der Waals surface area contributed by atoms with Gasteiger partial charge in [-0.1, -0.05) is 35.6 Å². The third-order valence-electron chi connectivity index (χ3n) is 8.39. The molecule has 2 aromatic rings. The van der Waals surface area contributed by atoms with Gasteiger partial charge in [0.25, 0.3) is 5.91 Å². The van der Waals surface area contributed by atoms with Crippen molar-refractivity contribution in [3.05, 3.63) is 51.6 Å². The van der Waals surface area contributed by atoms with Crippen molar-refractivity contribution in [3.63, 3.8) is 0 Å². The van der Waals surface area contributed by atoms with Crippen molar-refractivity contribution in [2.45, 2.75) is 57.4 Å². The van der Waals surface area contributed by atoms with E-state index in [4.69, 9.17) is 28.2 Å². The number of aliphatic hydroxyl groups excluding tert-OH is 1. The molecule has 7 heteroatoms. The Morgan fingerprint density at radius 1 is 1.09 bits per heavy atom. The minimum Gasteiger partial charge on any atom is -0.456 e. The van der Waals surface area contributed by atoms with E-state index in [2.05, 4.69) is 0 Å². The molecular formula is C28H30ClNO3S2. The van der Waals surface area contributed by atoms with E-state index < -0.39 is 0 Å². The summed E-state index contributed by atoms with van der Waals surface area (Å²) in [5.41, 5.74) is 1.99. The Bertz CT molecular complexity index is 1140. The molecule has 4 aliphatic carbocycles. The minimum absolute atomic E-state index is 0.0447. The molecule has 1 N–H and O–H groups in total. The van der Waals surface area contributed by atoms with E-state index in [1.807, 2.05) is 41.3 Å². The number of aryl methyl sites for hydroxylation is 1. The Kier molecular flexibility index (Phi) is 6.59. The number of carbonyl (C=O) groups is 1. The molecule has 2 heterocycles. The smallest absolute Gasteiger partial charge is 0.266 e. The summed E-state index contributed by atoms with van der Waals surface area (Å²) < 4.78 is 6.98. The molecule has 7 rings (SSSR count). The summed E-state index contributed by atoms with van der Waals surface area (Å²) in [4.78, 5) is 16.3. The lowest BCUT2D eigenvalue weighted by molar-refractivity contribution is -0.130. The van der Waals surface area contributed by atoms with Crippen molar-refractivity contribution in [1.29, 1.82) is 0 Å². The molecule has 1 aromatic carbocycles. The molecule has 4 saturated carbocycles. The standard InChI is InChI=1S/C28H30ClNO3S2/c29-22-6-4-18(5-7-22)23-14-19(3-1-2-8-31)24(33-23)15-25-27(32)30(28(34)35-25)26-20-10-16-9-17(12-20)13-21(26)11-16/h4-7,14-17,20-21,26,31H,1-3,8-13H2. The van der Waals surface area contributed by atoms with Crippen LogP contribution >= 0.6 is 35.6 Å². The van der Waals surface area contributed by atoms with Crippen molar-refractivity contribution in [2.24, 2.45) is 23.7 Å². The number of thioether (sulfide) groups is 1. The molecule has 5 aliphatic rings. The number of furan rings is 1. The number of halogens is 1. The molecule has 35 heavy (non-hydrogen) atoms. The largest absolute Gasteiger partial charge is 0.456 e. The number of aliphatic hydroxyl groups is 1. The Hall–Kier alpha value is -1.60. The van der Waals surface area contributed by atoms with Gasteiger partial charge in [-0.25, -0.2) is 0 Å². The van der Waals surface area contributed by atoms with Crippen LogP contribution in [0.25, 0.3) is 17.4 Å². The number of benzene rings is 1. The van der Waals surface area contributed by atoms with Crippen molar-refractivity contribution in [3.8, 4) is 11.3 Å². The van der Waals surface area contributed by atoms with Crippen LogP contribution < -0.4 is 0 Å². The topological polar surface area (TPSA) is 53.7 Å². The summed E-state index contributed by atoms with van der Waals surface area (Å²) in [7, 11) is 0. The van der Waals surface area contributed by atoms with Crippen LogP contribution in [0.15, 0.2) is 39.7 Å². The molecule has 0 atom stereocenters. The summed E-state index contributed by atoms with van der Waals surface area (Å²) in [5, 5.41) is 9.92. The average molecular weight is 528 g/mol. The number of unbranched alkanes of at least 4 members (excludes halogenated alkanes) is 1. The second kappa shape index (κ2) is 9.70. The fourth-order valence-corrected chi connectivity index (χ4v) is 8.56. The molecule has 0 spiro atoms. The molecular weight excluding hydrogens is 498 g/mol. The van der Waals surface area contributed by atoms with E-state index in [1.54, 1.807) is 0 Å². The van der Waals surface area contributed by atoms with Crippen LogP contribution in [-0.2, 0) is 11.2 Å². The maximum atomic E-state index is 13.7. The van der Waals surface area contributed by atoms with Gasteiger partial charge in [-0.3, -0.25) is 9.69 Å². The predicted molar refractivity (Wildman–Crippen MR) is 145 cm³/mol. The fourth-order valence-electron chi connectivity index (χ4n) is 7.12. The lowest BCUT2D eigenvalue weighted by Gasteiger charge is -2.56. The van der Waals surface area contributed by atoms with Crippen LogP contribution in [0, 0.1) is 23.7 Å². The third kappa shape index (κ3) is 4.52. The Morgan fingerprint density at radius 2 is 1.77 bits per heavy atom. The van der Waals surface area contributed by atoms with E-state index in [0.29, 0.717) is 31.8 Å². The lowest BCUT2D eigenvalue weighted by atomic mass is 9.54. The first-order valence-corrected chi connectivity index (χ1v) is 14.4. The maximum Gasteiger partial charge on any atom is 0.266 e. The number of hydrogen-bond donors (Lipinski definition) is 1. The van der Waals surface area contributed by atoms with Gasteiger partial charge in [-0.15, -0.1) is 0 Å². The monoisotopic (exact) mass is 527 g/mol. The van der Waals surface area contributed by atoms with Gasteiger partial charge in [0.15, 0.2) is 0 Å². The minimum atomic E-state index is 0.0447. The highest BCUT2D eigenvalue weighted by Crippen LogP contribution is 2.56. The van der Waals surface area contributed by atoms with Gasteiger partial charge >= 0.3 is 0 Å². The Balaban J connectivity index is 1.29. The number of nitrogens with zero attached hydrogens (tertiary/aromatic N) is 1. The molecule has 1 amide bonds. The Labute approximate surface area is 221 Å². The first kappa shape index (κ1) is 23.8. The van der Waals surface area contributed by atoms with Gasteiger partial charge < -0.3 is 9.52 Å². The second-order valence-corrected chi connectivity index (χ2v) is 12.8. The van der Waals surface area contributed by atoms with E-state index in [1.165, 1.54) is 43.9 Å². The molecule has 184 valence electrons. The summed E-state index contributed by atoms with van der Waals surface area (Å²) >= 11 is 13.3. The zero-order valence-corrected chi connectivity index (χ0v) is 22.0. The predicted octanol–water partition coefficient (Wildman–Crippen LogP) is 6.94. The molecule has 1 saturated heterocycles. The zero-order chi connectivity index (χ0) is 24.1. The number of hydrogen-bond acceptors (Lipinski definition) is 5. The fraction of sp³-hybridized carbons (Fsp3) is 0.500. The normalized spacial score (nSPS) is 30.7. The molecule has 0 radical (unpaired) electrons. The second-order valence-electron chi connectivity index (χ2n) is 10.7. The number of carbonyl (C=O) groups excluding carboxylic acids is 1. The summed E-state index contributed by atoms with van der Waals surface area (Å²) in [6.45, 7) is 0.168. The lowest BCUT2D eigenvalue weighted by Crippen LogP contribution is -2.57. The van der Waals surface area contributed by atoms with E-state index in [0.717, 1.165) is 48.0 Å². The Morgan fingerprint density at radius 3 is 2.43 bits per heavy atom. The van der Waals surface area contributed by atoms with Crippen molar-refractivity contribution in [1.82, 2.24) is 4.90 Å². The maximum absolute atomic E-state index is 13.7. The van der Waals surface area contributed by atoms with Crippen LogP contribution in [0.4, 0.5) is 0 Å². The first-order chi connectivity index (χ1) is 17.0. The van der Waals surface area contributed by atoms with Gasteiger partial charge in [0.2, 0.25) is 0 Å². The molecule has 4 bridgehead atoms. The van der Waals surface area contributed by atoms with Gasteiger partial charge in [0.1, 0.15) is 15.8 Å². The van der Waals surface area contributed by atoms with Crippen molar-refractivity contribution >= 4 is 51.9 Å². The molecule has 1 aliphatic heterocycles. The van der Waals surface area contributed by atoms with Crippen LogP contribution in [0.1, 0.15) is 56.3 Å². The summed E-state index contributed by atoms with van der Waals surface area (Å²) in [6, 6.07) is 9.89. The quantitative estimate of drug-likeness (QED) is 0.240. The summed E-state index contributed by atoms with van der Waals surface area (Å²) in [6.07, 6.45) is 10.7. The molecule has 5 fully saturated rings. The van der Waals surface area contributed by atoms with Crippen LogP contribution in [0.2, 0.25) is 5.02 Å². The highest BCUT2D eigenvalue weighted by atomic mass is 35.5. The van der Waals surface area contributed by atoms with Crippen molar-refractivity contribution in [2.75, 3.05) is 6.61 Å². The van der Waals surface area contributed by atoms with Crippen LogP contribution in [0.5, 0.6) is 0 Å². The van der Waals surface area contributed by atoms with E-state index in [9.17, 15) is 9.90 Å². The van der Waals surface area contributed by atoms with Gasteiger partial charge in [0.05, 0.1) is 4.91 Å². The molecule has 1 aromatic heterocycles. The van der Waals surface area contributed by atoms with Gasteiger partial charge in [-0.2, -0.15) is 0 Å². The highest BCUT2D eigenvalue weighted by Gasteiger charge is 2.53. The number of thiocarbonyl (C=S) groups is 1. The first-order valence-electron chi connectivity index (χ1n) is 12.8. The molecule has 4 nitrogen and oxygen atoms in total. The SMILES string of the molecule is O=C1C(=Cc2oc(-c3ccc(Cl)cc3)cc2CCCCO)SC(=S)N1C1C2CC3CC(C2)CC1C3. The highest BCUT2D eigenvalue weighted by molar-refractivity contribution is 8.26. The van der Waals surface area contributed by atoms with Gasteiger partial charge in [0, 0.05) is 29.3 Å². The number of rotatable bonds is 7. The van der Waals surface area contributed by atoms with Crippen LogP contribution in [0.3, 0.4) is 0 Å². The zero-order valence-electron chi connectivity index (χ0n) is 19.6. The van der Waals surface area contributed by atoms with E-state index in [-0.39, 0.29) is 18.6 Å². The average Bonchev–Trinajstić information content (AvgIpc) is 3.35. The van der Waals surface area contributed by atoms with Crippen LogP contribution in [-0.4, -0.2) is 32.9 Å². The third-order valence-corrected chi connectivity index (χ3v) is 9.97. The van der Waals surface area contributed by atoms with E-state index >= 15 is 0 Å². The number of amides is 1. The summed E-state index contributed by atoms with van der Waals surface area (Å²) in [5.74, 6) is 4.42. The van der Waals surface area contributed by atoms with Crippen molar-refractivity contribution < 1.29 is 14.3 Å².